The average molecular weight is 247 g/mol. The summed E-state index contributed by atoms with van der Waals surface area (Å²) in [6.45, 7) is 7.89. The number of carbonyl (C=O) groups is 2. The predicted octanol–water partition coefficient (Wildman–Crippen LogP) is 2.76. The zero-order valence-electron chi connectivity index (χ0n) is 11.5. The number of Topliss-reactive ketones (excluding diaryl/α,β-unsaturated/α-hetero) is 1. The monoisotopic (exact) mass is 247 g/mol. The minimum atomic E-state index is -0.0962. The lowest BCUT2D eigenvalue weighted by Crippen LogP contribution is -2.32. The van der Waals surface area contributed by atoms with Gasteiger partial charge in [-0.3, -0.25) is 9.59 Å². The molecule has 1 aromatic carbocycles. The Balaban J connectivity index is 2.59. The standard InChI is InChI=1S/C15H21NO2/c1-10(2)12-5-7-13(8-6-12)14(17)9-16-15(18)11(3)4/h5-8,10-11H,9H2,1-4H3,(H,16,18). The first-order valence-electron chi connectivity index (χ1n) is 6.32. The normalized spacial score (nSPS) is 10.8. The van der Waals surface area contributed by atoms with Crippen molar-refractivity contribution in [3.05, 3.63) is 35.4 Å². The van der Waals surface area contributed by atoms with Gasteiger partial charge in [-0.15, -0.1) is 0 Å². The summed E-state index contributed by atoms with van der Waals surface area (Å²) in [4.78, 5) is 23.2. The Labute approximate surface area is 109 Å². The van der Waals surface area contributed by atoms with E-state index in [-0.39, 0.29) is 24.2 Å². The zero-order valence-corrected chi connectivity index (χ0v) is 11.5. The molecule has 0 fully saturated rings. The van der Waals surface area contributed by atoms with Crippen LogP contribution in [-0.2, 0) is 4.79 Å². The van der Waals surface area contributed by atoms with Crippen molar-refractivity contribution in [2.75, 3.05) is 6.54 Å². The van der Waals surface area contributed by atoms with E-state index >= 15 is 0 Å². The van der Waals surface area contributed by atoms with Crippen molar-refractivity contribution in [2.45, 2.75) is 33.6 Å². The molecule has 1 N–H and O–H groups in total. The van der Waals surface area contributed by atoms with Crippen LogP contribution in [0, 0.1) is 5.92 Å². The summed E-state index contributed by atoms with van der Waals surface area (Å²) in [5, 5.41) is 2.63. The van der Waals surface area contributed by atoms with Crippen LogP contribution in [-0.4, -0.2) is 18.2 Å². The van der Waals surface area contributed by atoms with Crippen molar-refractivity contribution in [3.63, 3.8) is 0 Å². The molecule has 0 atom stereocenters. The molecule has 18 heavy (non-hydrogen) atoms. The molecule has 0 saturated carbocycles. The molecular weight excluding hydrogens is 226 g/mol. The predicted molar refractivity (Wildman–Crippen MR) is 72.7 cm³/mol. The number of amides is 1. The minimum Gasteiger partial charge on any atom is -0.348 e. The molecule has 0 aliphatic rings. The second-order valence-electron chi connectivity index (χ2n) is 5.07. The van der Waals surface area contributed by atoms with Gasteiger partial charge in [0.2, 0.25) is 5.91 Å². The molecule has 98 valence electrons. The van der Waals surface area contributed by atoms with Crippen LogP contribution < -0.4 is 5.32 Å². The summed E-state index contributed by atoms with van der Waals surface area (Å²) in [5.41, 5.74) is 1.85. The summed E-state index contributed by atoms with van der Waals surface area (Å²) in [6, 6.07) is 7.56. The van der Waals surface area contributed by atoms with Crippen molar-refractivity contribution in [2.24, 2.45) is 5.92 Å². The van der Waals surface area contributed by atoms with Crippen molar-refractivity contribution < 1.29 is 9.59 Å². The van der Waals surface area contributed by atoms with Crippen molar-refractivity contribution >= 4 is 11.7 Å². The first-order chi connectivity index (χ1) is 8.41. The summed E-state index contributed by atoms with van der Waals surface area (Å²) in [5.74, 6) is 0.206. The lowest BCUT2D eigenvalue weighted by atomic mass is 10.0. The largest absolute Gasteiger partial charge is 0.348 e. The Morgan fingerprint density at radius 3 is 2.06 bits per heavy atom. The maximum absolute atomic E-state index is 11.8. The van der Waals surface area contributed by atoms with Crippen LogP contribution in [0.2, 0.25) is 0 Å². The quantitative estimate of drug-likeness (QED) is 0.813. The molecule has 0 aromatic heterocycles. The maximum Gasteiger partial charge on any atom is 0.222 e. The number of ketones is 1. The molecule has 0 aliphatic carbocycles. The van der Waals surface area contributed by atoms with Gasteiger partial charge in [0.15, 0.2) is 5.78 Å². The Morgan fingerprint density at radius 1 is 1.06 bits per heavy atom. The fraction of sp³-hybridized carbons (Fsp3) is 0.467. The molecule has 0 bridgehead atoms. The summed E-state index contributed by atoms with van der Waals surface area (Å²) >= 11 is 0. The van der Waals surface area contributed by atoms with Crippen LogP contribution in [0.5, 0.6) is 0 Å². The Bertz CT molecular complexity index is 419. The van der Waals surface area contributed by atoms with Crippen LogP contribution in [0.25, 0.3) is 0 Å². The van der Waals surface area contributed by atoms with E-state index in [1.165, 1.54) is 5.56 Å². The van der Waals surface area contributed by atoms with Crippen molar-refractivity contribution in [3.8, 4) is 0 Å². The van der Waals surface area contributed by atoms with Gasteiger partial charge in [-0.25, -0.2) is 0 Å². The number of rotatable bonds is 5. The number of carbonyl (C=O) groups excluding carboxylic acids is 2. The highest BCUT2D eigenvalue weighted by Crippen LogP contribution is 2.14. The highest BCUT2D eigenvalue weighted by molar-refractivity contribution is 5.99. The van der Waals surface area contributed by atoms with Gasteiger partial charge in [-0.1, -0.05) is 52.0 Å². The molecule has 0 saturated heterocycles. The second kappa shape index (κ2) is 6.34. The molecule has 1 aromatic rings. The third-order valence-electron chi connectivity index (χ3n) is 2.85. The van der Waals surface area contributed by atoms with Gasteiger partial charge in [0, 0.05) is 11.5 Å². The van der Waals surface area contributed by atoms with E-state index in [0.29, 0.717) is 11.5 Å². The Kier molecular flexibility index (Phi) is 5.08. The second-order valence-corrected chi connectivity index (χ2v) is 5.07. The Hall–Kier alpha value is -1.64. The molecule has 3 heteroatoms. The topological polar surface area (TPSA) is 46.2 Å². The van der Waals surface area contributed by atoms with Gasteiger partial charge in [0.25, 0.3) is 0 Å². The van der Waals surface area contributed by atoms with E-state index < -0.39 is 0 Å². The highest BCUT2D eigenvalue weighted by Gasteiger charge is 2.10. The van der Waals surface area contributed by atoms with Crippen LogP contribution in [0.1, 0.15) is 49.5 Å². The molecule has 1 rings (SSSR count). The van der Waals surface area contributed by atoms with E-state index in [0.717, 1.165) is 0 Å². The molecule has 0 unspecified atom stereocenters. The van der Waals surface area contributed by atoms with Gasteiger partial charge < -0.3 is 5.32 Å². The molecule has 0 spiro atoms. The molecule has 3 nitrogen and oxygen atoms in total. The molecular formula is C15H21NO2. The number of hydrogen-bond acceptors (Lipinski definition) is 2. The smallest absolute Gasteiger partial charge is 0.222 e. The summed E-state index contributed by atoms with van der Waals surface area (Å²) < 4.78 is 0. The lowest BCUT2D eigenvalue weighted by molar-refractivity contribution is -0.123. The van der Waals surface area contributed by atoms with Gasteiger partial charge >= 0.3 is 0 Å². The first-order valence-corrected chi connectivity index (χ1v) is 6.32. The summed E-state index contributed by atoms with van der Waals surface area (Å²) in [7, 11) is 0. The van der Waals surface area contributed by atoms with Crippen LogP contribution in [0.4, 0.5) is 0 Å². The van der Waals surface area contributed by atoms with E-state index in [4.69, 9.17) is 0 Å². The van der Waals surface area contributed by atoms with Gasteiger partial charge in [0.05, 0.1) is 6.54 Å². The van der Waals surface area contributed by atoms with Crippen LogP contribution >= 0.6 is 0 Å². The van der Waals surface area contributed by atoms with E-state index in [1.807, 2.05) is 24.3 Å². The molecule has 0 aliphatic heterocycles. The number of nitrogens with one attached hydrogen (secondary N) is 1. The molecule has 1 amide bonds. The molecule has 0 radical (unpaired) electrons. The third kappa shape index (κ3) is 3.99. The van der Waals surface area contributed by atoms with Gasteiger partial charge in [-0.05, 0) is 11.5 Å². The first kappa shape index (κ1) is 14.4. The molecule has 0 heterocycles. The van der Waals surface area contributed by atoms with Crippen LogP contribution in [0.15, 0.2) is 24.3 Å². The third-order valence-corrected chi connectivity index (χ3v) is 2.85. The van der Waals surface area contributed by atoms with Gasteiger partial charge in [-0.2, -0.15) is 0 Å². The Morgan fingerprint density at radius 2 is 1.61 bits per heavy atom. The number of hydrogen-bond donors (Lipinski definition) is 1. The van der Waals surface area contributed by atoms with Gasteiger partial charge in [0.1, 0.15) is 0 Å². The van der Waals surface area contributed by atoms with Crippen molar-refractivity contribution in [1.29, 1.82) is 0 Å². The zero-order chi connectivity index (χ0) is 13.7. The van der Waals surface area contributed by atoms with E-state index in [2.05, 4.69) is 19.2 Å². The lowest BCUT2D eigenvalue weighted by Gasteiger charge is -2.08. The van der Waals surface area contributed by atoms with E-state index in [1.54, 1.807) is 13.8 Å². The summed E-state index contributed by atoms with van der Waals surface area (Å²) in [6.07, 6.45) is 0. The SMILES string of the molecule is CC(C)C(=O)NCC(=O)c1ccc(C(C)C)cc1. The minimum absolute atomic E-state index is 0.0562. The fourth-order valence-corrected chi connectivity index (χ4v) is 1.53. The van der Waals surface area contributed by atoms with E-state index in [9.17, 15) is 9.59 Å². The highest BCUT2D eigenvalue weighted by atomic mass is 16.2. The van der Waals surface area contributed by atoms with Crippen molar-refractivity contribution in [1.82, 2.24) is 5.32 Å². The van der Waals surface area contributed by atoms with Crippen LogP contribution in [0.3, 0.4) is 0 Å². The fourth-order valence-electron chi connectivity index (χ4n) is 1.53. The average Bonchev–Trinajstić information content (AvgIpc) is 2.35. The maximum atomic E-state index is 11.8. The number of benzene rings is 1.